The molecule has 1 atom stereocenters. The fourth-order valence-electron chi connectivity index (χ4n) is 2.08. The summed E-state index contributed by atoms with van der Waals surface area (Å²) in [6.07, 6.45) is 0.289. The van der Waals surface area contributed by atoms with Crippen LogP contribution in [0.4, 0.5) is 5.69 Å². The molecule has 1 aliphatic rings. The zero-order valence-electron chi connectivity index (χ0n) is 11.9. The lowest BCUT2D eigenvalue weighted by molar-refractivity contribution is -0.129. The van der Waals surface area contributed by atoms with E-state index in [0.29, 0.717) is 19.5 Å². The smallest absolute Gasteiger partial charge is 0.253 e. The number of carbonyl (C=O) groups is 2. The van der Waals surface area contributed by atoms with Crippen molar-refractivity contribution in [2.24, 2.45) is 0 Å². The fraction of sp³-hybridized carbons (Fsp3) is 0.467. The highest BCUT2D eigenvalue weighted by Crippen LogP contribution is 2.19. The van der Waals surface area contributed by atoms with Gasteiger partial charge in [0, 0.05) is 18.7 Å². The average Bonchev–Trinajstić information content (AvgIpc) is 2.47. The van der Waals surface area contributed by atoms with Crippen molar-refractivity contribution in [1.29, 1.82) is 0 Å². The minimum Gasteiger partial charge on any atom is -0.365 e. The number of anilines is 1. The monoisotopic (exact) mass is 276 g/mol. The van der Waals surface area contributed by atoms with Crippen LogP contribution < -0.4 is 10.2 Å². The van der Waals surface area contributed by atoms with Gasteiger partial charge in [0.05, 0.1) is 12.6 Å². The second-order valence-corrected chi connectivity index (χ2v) is 4.93. The van der Waals surface area contributed by atoms with Crippen molar-refractivity contribution in [2.45, 2.75) is 26.4 Å². The summed E-state index contributed by atoms with van der Waals surface area (Å²) in [6.45, 7) is 4.77. The summed E-state index contributed by atoms with van der Waals surface area (Å²) in [4.78, 5) is 24.9. The van der Waals surface area contributed by atoms with E-state index in [-0.39, 0.29) is 24.5 Å². The number of morpholine rings is 1. The Kier molecular flexibility index (Phi) is 4.74. The van der Waals surface area contributed by atoms with Crippen molar-refractivity contribution >= 4 is 17.5 Å². The van der Waals surface area contributed by atoms with Gasteiger partial charge in [-0.2, -0.15) is 0 Å². The molecule has 0 aliphatic carbocycles. The van der Waals surface area contributed by atoms with E-state index in [1.54, 1.807) is 11.8 Å². The molecule has 1 saturated heterocycles. The molecular formula is C15H20N2O3. The maximum Gasteiger partial charge on any atom is 0.253 e. The third-order valence-electron chi connectivity index (χ3n) is 3.32. The molecule has 5 heteroatoms. The lowest BCUT2D eigenvalue weighted by Gasteiger charge is -2.33. The Bertz CT molecular complexity index is 484. The number of carbonyl (C=O) groups excluding carboxylic acids is 2. The van der Waals surface area contributed by atoms with E-state index in [1.165, 1.54) is 0 Å². The fourth-order valence-corrected chi connectivity index (χ4v) is 2.08. The molecule has 1 fully saturated rings. The SMILES string of the molecule is CCC(=O)NCC1CN(c2ccc(C)cc2)C(=O)CO1. The number of hydrogen-bond donors (Lipinski definition) is 1. The Morgan fingerprint density at radius 3 is 2.75 bits per heavy atom. The molecule has 2 amide bonds. The van der Waals surface area contributed by atoms with Crippen molar-refractivity contribution in [3.63, 3.8) is 0 Å². The highest BCUT2D eigenvalue weighted by molar-refractivity contribution is 5.95. The van der Waals surface area contributed by atoms with Crippen molar-refractivity contribution < 1.29 is 14.3 Å². The third kappa shape index (κ3) is 3.57. The molecule has 5 nitrogen and oxygen atoms in total. The Labute approximate surface area is 118 Å². The number of amides is 2. The van der Waals surface area contributed by atoms with E-state index in [9.17, 15) is 9.59 Å². The maximum absolute atomic E-state index is 11.9. The summed E-state index contributed by atoms with van der Waals surface area (Å²) < 4.78 is 5.45. The van der Waals surface area contributed by atoms with Crippen LogP contribution in [0, 0.1) is 6.92 Å². The molecule has 1 heterocycles. The molecule has 1 aromatic carbocycles. The normalized spacial score (nSPS) is 19.0. The highest BCUT2D eigenvalue weighted by atomic mass is 16.5. The predicted octanol–water partition coefficient (Wildman–Crippen LogP) is 1.25. The lowest BCUT2D eigenvalue weighted by Crippen LogP contribution is -2.50. The standard InChI is InChI=1S/C15H20N2O3/c1-3-14(18)16-8-13-9-17(15(19)10-20-13)12-6-4-11(2)5-7-12/h4-7,13H,3,8-10H2,1-2H3,(H,16,18). The van der Waals surface area contributed by atoms with Crippen LogP contribution in [0.2, 0.25) is 0 Å². The van der Waals surface area contributed by atoms with Crippen LogP contribution >= 0.6 is 0 Å². The maximum atomic E-state index is 11.9. The Morgan fingerprint density at radius 1 is 1.40 bits per heavy atom. The Hall–Kier alpha value is -1.88. The van der Waals surface area contributed by atoms with E-state index in [1.807, 2.05) is 31.2 Å². The van der Waals surface area contributed by atoms with Gasteiger partial charge in [-0.1, -0.05) is 24.6 Å². The summed E-state index contributed by atoms with van der Waals surface area (Å²) in [5, 5.41) is 2.80. The van der Waals surface area contributed by atoms with Gasteiger partial charge in [0.1, 0.15) is 6.61 Å². The molecule has 0 aromatic heterocycles. The summed E-state index contributed by atoms with van der Waals surface area (Å²) in [5.41, 5.74) is 2.02. The summed E-state index contributed by atoms with van der Waals surface area (Å²) in [7, 11) is 0. The highest BCUT2D eigenvalue weighted by Gasteiger charge is 2.27. The van der Waals surface area contributed by atoms with Gasteiger partial charge in [0.25, 0.3) is 5.91 Å². The van der Waals surface area contributed by atoms with E-state index in [4.69, 9.17) is 4.74 Å². The van der Waals surface area contributed by atoms with Gasteiger partial charge >= 0.3 is 0 Å². The molecule has 0 spiro atoms. The first-order chi connectivity index (χ1) is 9.60. The van der Waals surface area contributed by atoms with Gasteiger partial charge in [-0.25, -0.2) is 0 Å². The van der Waals surface area contributed by atoms with Gasteiger partial charge in [-0.15, -0.1) is 0 Å². The largest absolute Gasteiger partial charge is 0.365 e. The van der Waals surface area contributed by atoms with E-state index >= 15 is 0 Å². The quantitative estimate of drug-likeness (QED) is 0.900. The second kappa shape index (κ2) is 6.52. The van der Waals surface area contributed by atoms with Gasteiger partial charge in [0.15, 0.2) is 0 Å². The van der Waals surface area contributed by atoms with Gasteiger partial charge in [-0.05, 0) is 19.1 Å². The first-order valence-corrected chi connectivity index (χ1v) is 6.85. The minimum absolute atomic E-state index is 0.00705. The topological polar surface area (TPSA) is 58.6 Å². The van der Waals surface area contributed by atoms with Crippen LogP contribution in [-0.4, -0.2) is 37.6 Å². The number of rotatable bonds is 4. The molecule has 2 rings (SSSR count). The molecule has 0 saturated carbocycles. The molecule has 1 N–H and O–H groups in total. The van der Waals surface area contributed by atoms with E-state index < -0.39 is 0 Å². The van der Waals surface area contributed by atoms with Gasteiger partial charge < -0.3 is 15.0 Å². The zero-order valence-corrected chi connectivity index (χ0v) is 11.9. The van der Waals surface area contributed by atoms with Crippen LogP contribution in [0.25, 0.3) is 0 Å². The minimum atomic E-state index is -0.162. The van der Waals surface area contributed by atoms with Crippen molar-refractivity contribution in [1.82, 2.24) is 5.32 Å². The Balaban J connectivity index is 1.99. The summed E-state index contributed by atoms with van der Waals surface area (Å²) in [6, 6.07) is 7.82. The summed E-state index contributed by atoms with van der Waals surface area (Å²) >= 11 is 0. The van der Waals surface area contributed by atoms with Crippen LogP contribution in [0.1, 0.15) is 18.9 Å². The van der Waals surface area contributed by atoms with Crippen LogP contribution in [-0.2, 0) is 14.3 Å². The van der Waals surface area contributed by atoms with E-state index in [2.05, 4.69) is 5.32 Å². The Morgan fingerprint density at radius 2 is 2.10 bits per heavy atom. The number of nitrogens with zero attached hydrogens (tertiary/aromatic N) is 1. The second-order valence-electron chi connectivity index (χ2n) is 4.93. The number of benzene rings is 1. The zero-order chi connectivity index (χ0) is 14.5. The average molecular weight is 276 g/mol. The van der Waals surface area contributed by atoms with Crippen LogP contribution in [0.3, 0.4) is 0 Å². The van der Waals surface area contributed by atoms with Crippen molar-refractivity contribution in [2.75, 3.05) is 24.6 Å². The molecular weight excluding hydrogens is 256 g/mol. The molecule has 1 aromatic rings. The first-order valence-electron chi connectivity index (χ1n) is 6.85. The summed E-state index contributed by atoms with van der Waals surface area (Å²) in [5.74, 6) is -0.0562. The molecule has 0 radical (unpaired) electrons. The third-order valence-corrected chi connectivity index (χ3v) is 3.32. The lowest BCUT2D eigenvalue weighted by atomic mass is 10.2. The van der Waals surface area contributed by atoms with Gasteiger partial charge in [-0.3, -0.25) is 9.59 Å². The number of ether oxygens (including phenoxy) is 1. The van der Waals surface area contributed by atoms with Gasteiger partial charge in [0.2, 0.25) is 5.91 Å². The van der Waals surface area contributed by atoms with Crippen LogP contribution in [0.5, 0.6) is 0 Å². The molecule has 1 unspecified atom stereocenters. The number of nitrogens with one attached hydrogen (secondary N) is 1. The number of aryl methyl sites for hydroxylation is 1. The van der Waals surface area contributed by atoms with Crippen molar-refractivity contribution in [3.05, 3.63) is 29.8 Å². The van der Waals surface area contributed by atoms with E-state index in [0.717, 1.165) is 11.3 Å². The molecule has 1 aliphatic heterocycles. The molecule has 108 valence electrons. The molecule has 20 heavy (non-hydrogen) atoms. The van der Waals surface area contributed by atoms with Crippen LogP contribution in [0.15, 0.2) is 24.3 Å². The van der Waals surface area contributed by atoms with Crippen molar-refractivity contribution in [3.8, 4) is 0 Å². The number of hydrogen-bond acceptors (Lipinski definition) is 3. The predicted molar refractivity (Wildman–Crippen MR) is 76.6 cm³/mol. The molecule has 0 bridgehead atoms. The first kappa shape index (κ1) is 14.5.